The highest BCUT2D eigenvalue weighted by Crippen LogP contribution is 2.01. The van der Waals surface area contributed by atoms with Crippen molar-refractivity contribution < 1.29 is 9.47 Å². The van der Waals surface area contributed by atoms with Gasteiger partial charge in [0.05, 0.1) is 25.9 Å². The van der Waals surface area contributed by atoms with Gasteiger partial charge in [-0.25, -0.2) is 0 Å². The van der Waals surface area contributed by atoms with Crippen LogP contribution < -0.4 is 5.32 Å². The molecule has 0 aromatic heterocycles. The largest absolute Gasteiger partial charge is 0.375 e. The Morgan fingerprint density at radius 1 is 1.35 bits per heavy atom. The lowest BCUT2D eigenvalue weighted by atomic mass is 10.2. The third-order valence-electron chi connectivity index (χ3n) is 2.63. The van der Waals surface area contributed by atoms with Crippen LogP contribution in [0.15, 0.2) is 36.4 Å². The van der Waals surface area contributed by atoms with Gasteiger partial charge in [0.2, 0.25) is 0 Å². The van der Waals surface area contributed by atoms with Crippen LogP contribution in [0.2, 0.25) is 0 Å². The van der Waals surface area contributed by atoms with Gasteiger partial charge in [-0.3, -0.25) is 0 Å². The molecule has 0 radical (unpaired) electrons. The van der Waals surface area contributed by atoms with Gasteiger partial charge in [-0.05, 0) is 5.56 Å². The van der Waals surface area contributed by atoms with Gasteiger partial charge in [-0.15, -0.1) is 0 Å². The Morgan fingerprint density at radius 3 is 3.00 bits per heavy atom. The third-order valence-corrected chi connectivity index (χ3v) is 2.63. The molecule has 1 aliphatic rings. The number of ether oxygens (including phenoxy) is 2. The SMILES string of the molecule is C(=C\c1ccccc1)/COCC1CNCCO1. The van der Waals surface area contributed by atoms with Crippen molar-refractivity contribution in [2.24, 2.45) is 0 Å². The first-order valence-corrected chi connectivity index (χ1v) is 6.07. The third kappa shape index (κ3) is 4.69. The van der Waals surface area contributed by atoms with E-state index in [0.717, 1.165) is 19.7 Å². The molecule has 1 aromatic rings. The predicted molar refractivity (Wildman–Crippen MR) is 68.9 cm³/mol. The minimum absolute atomic E-state index is 0.203. The lowest BCUT2D eigenvalue weighted by molar-refractivity contribution is -0.0256. The van der Waals surface area contributed by atoms with Crippen LogP contribution in [0, 0.1) is 0 Å². The molecule has 0 saturated carbocycles. The fourth-order valence-corrected chi connectivity index (χ4v) is 1.74. The van der Waals surface area contributed by atoms with Crippen molar-refractivity contribution in [3.05, 3.63) is 42.0 Å². The molecule has 0 bridgehead atoms. The Bertz CT molecular complexity index is 331. The summed E-state index contributed by atoms with van der Waals surface area (Å²) in [5, 5.41) is 3.28. The van der Waals surface area contributed by atoms with E-state index in [0.29, 0.717) is 13.2 Å². The molecule has 0 amide bonds. The molecule has 17 heavy (non-hydrogen) atoms. The topological polar surface area (TPSA) is 30.5 Å². The molecule has 1 aromatic carbocycles. The molecule has 3 nitrogen and oxygen atoms in total. The Kier molecular flexibility index (Phi) is 5.23. The van der Waals surface area contributed by atoms with E-state index in [9.17, 15) is 0 Å². The zero-order valence-electron chi connectivity index (χ0n) is 9.97. The average molecular weight is 233 g/mol. The number of hydrogen-bond donors (Lipinski definition) is 1. The summed E-state index contributed by atoms with van der Waals surface area (Å²) in [4.78, 5) is 0. The first-order chi connectivity index (χ1) is 8.45. The van der Waals surface area contributed by atoms with Crippen molar-refractivity contribution in [3.8, 4) is 0 Å². The van der Waals surface area contributed by atoms with Crippen LogP contribution >= 0.6 is 0 Å². The van der Waals surface area contributed by atoms with Gasteiger partial charge in [0, 0.05) is 13.1 Å². The van der Waals surface area contributed by atoms with E-state index in [1.807, 2.05) is 24.3 Å². The summed E-state index contributed by atoms with van der Waals surface area (Å²) in [6.07, 6.45) is 4.31. The molecule has 1 unspecified atom stereocenters. The second kappa shape index (κ2) is 7.22. The predicted octanol–water partition coefficient (Wildman–Crippen LogP) is 1.70. The number of morpholine rings is 1. The molecular formula is C14H19NO2. The summed E-state index contributed by atoms with van der Waals surface area (Å²) in [6, 6.07) is 10.2. The van der Waals surface area contributed by atoms with Crippen molar-refractivity contribution in [1.82, 2.24) is 5.32 Å². The molecule has 1 saturated heterocycles. The van der Waals surface area contributed by atoms with Crippen LogP contribution in [0.25, 0.3) is 6.08 Å². The summed E-state index contributed by atoms with van der Waals surface area (Å²) in [7, 11) is 0. The van der Waals surface area contributed by atoms with Crippen LogP contribution in [-0.2, 0) is 9.47 Å². The van der Waals surface area contributed by atoms with Gasteiger partial charge in [-0.2, -0.15) is 0 Å². The van der Waals surface area contributed by atoms with Gasteiger partial charge < -0.3 is 14.8 Å². The zero-order chi connectivity index (χ0) is 11.8. The van der Waals surface area contributed by atoms with Gasteiger partial charge in [0.1, 0.15) is 0 Å². The summed E-state index contributed by atoms with van der Waals surface area (Å²) in [6.45, 7) is 3.92. The lowest BCUT2D eigenvalue weighted by Gasteiger charge is -2.23. The number of benzene rings is 1. The number of nitrogens with one attached hydrogen (secondary N) is 1. The van der Waals surface area contributed by atoms with Gasteiger partial charge >= 0.3 is 0 Å². The highest BCUT2D eigenvalue weighted by molar-refractivity contribution is 5.48. The van der Waals surface area contributed by atoms with Crippen molar-refractivity contribution in [2.75, 3.05) is 32.9 Å². The van der Waals surface area contributed by atoms with E-state index in [-0.39, 0.29) is 6.10 Å². The Hall–Kier alpha value is -1.16. The van der Waals surface area contributed by atoms with Gasteiger partial charge in [0.15, 0.2) is 0 Å². The molecule has 1 heterocycles. The van der Waals surface area contributed by atoms with E-state index in [1.54, 1.807) is 0 Å². The van der Waals surface area contributed by atoms with Crippen LogP contribution in [0.3, 0.4) is 0 Å². The zero-order valence-corrected chi connectivity index (χ0v) is 9.97. The quantitative estimate of drug-likeness (QED) is 0.785. The smallest absolute Gasteiger partial charge is 0.0933 e. The molecule has 1 fully saturated rings. The molecule has 0 spiro atoms. The second-order valence-electron chi connectivity index (χ2n) is 4.05. The van der Waals surface area contributed by atoms with E-state index >= 15 is 0 Å². The molecule has 1 atom stereocenters. The highest BCUT2D eigenvalue weighted by Gasteiger charge is 2.12. The molecule has 1 N–H and O–H groups in total. The van der Waals surface area contributed by atoms with E-state index in [1.165, 1.54) is 5.56 Å². The van der Waals surface area contributed by atoms with Crippen LogP contribution in [0.4, 0.5) is 0 Å². The molecule has 3 heteroatoms. The molecule has 0 aliphatic carbocycles. The first kappa shape index (κ1) is 12.3. The van der Waals surface area contributed by atoms with Crippen LogP contribution in [0.1, 0.15) is 5.56 Å². The van der Waals surface area contributed by atoms with Gasteiger partial charge in [0.25, 0.3) is 0 Å². The highest BCUT2D eigenvalue weighted by atomic mass is 16.5. The first-order valence-electron chi connectivity index (χ1n) is 6.07. The number of hydrogen-bond acceptors (Lipinski definition) is 3. The van der Waals surface area contributed by atoms with E-state index in [4.69, 9.17) is 9.47 Å². The van der Waals surface area contributed by atoms with E-state index < -0.39 is 0 Å². The van der Waals surface area contributed by atoms with Crippen molar-refractivity contribution >= 4 is 6.08 Å². The van der Waals surface area contributed by atoms with Crippen LogP contribution in [0.5, 0.6) is 0 Å². The maximum atomic E-state index is 5.54. The number of rotatable bonds is 5. The Balaban J connectivity index is 1.61. The second-order valence-corrected chi connectivity index (χ2v) is 4.05. The minimum atomic E-state index is 0.203. The maximum Gasteiger partial charge on any atom is 0.0933 e. The molecular weight excluding hydrogens is 214 g/mol. The summed E-state index contributed by atoms with van der Waals surface area (Å²) in [5.74, 6) is 0. The fraction of sp³-hybridized carbons (Fsp3) is 0.429. The standard InChI is InChI=1S/C14H19NO2/c1-2-5-13(6-3-1)7-4-9-16-12-14-11-15-8-10-17-14/h1-7,14-15H,8-12H2/b7-4+. The van der Waals surface area contributed by atoms with Crippen LogP contribution in [-0.4, -0.2) is 39.0 Å². The Labute approximate surface area is 102 Å². The average Bonchev–Trinajstić information content (AvgIpc) is 2.41. The molecule has 92 valence electrons. The van der Waals surface area contributed by atoms with Crippen molar-refractivity contribution in [3.63, 3.8) is 0 Å². The Morgan fingerprint density at radius 2 is 2.24 bits per heavy atom. The van der Waals surface area contributed by atoms with Gasteiger partial charge in [-0.1, -0.05) is 42.5 Å². The minimum Gasteiger partial charge on any atom is -0.375 e. The summed E-state index contributed by atoms with van der Waals surface area (Å²) >= 11 is 0. The fourth-order valence-electron chi connectivity index (χ4n) is 1.74. The van der Waals surface area contributed by atoms with Crippen molar-refractivity contribution in [1.29, 1.82) is 0 Å². The molecule has 2 rings (SSSR count). The summed E-state index contributed by atoms with van der Waals surface area (Å²) < 4.78 is 11.1. The maximum absolute atomic E-state index is 5.54. The summed E-state index contributed by atoms with van der Waals surface area (Å²) in [5.41, 5.74) is 1.20. The molecule has 1 aliphatic heterocycles. The van der Waals surface area contributed by atoms with Crippen molar-refractivity contribution in [2.45, 2.75) is 6.10 Å². The monoisotopic (exact) mass is 233 g/mol. The lowest BCUT2D eigenvalue weighted by Crippen LogP contribution is -2.41. The van der Waals surface area contributed by atoms with E-state index in [2.05, 4.69) is 23.5 Å². The normalized spacial score (nSPS) is 20.8.